The van der Waals surface area contributed by atoms with E-state index in [2.05, 4.69) is 23.9 Å². The highest BCUT2D eigenvalue weighted by Crippen LogP contribution is 2.15. The lowest BCUT2D eigenvalue weighted by molar-refractivity contribution is -0.122. The summed E-state index contributed by atoms with van der Waals surface area (Å²) in [6, 6.07) is 0.666. The number of carbonyl (C=O) groups excluding carboxylic acids is 1. The first-order chi connectivity index (χ1) is 8.83. The summed E-state index contributed by atoms with van der Waals surface area (Å²) in [5.74, 6) is -0.408. The van der Waals surface area contributed by atoms with Gasteiger partial charge in [0.15, 0.2) is 0 Å². The Morgan fingerprint density at radius 1 is 1.47 bits per heavy atom. The molecule has 0 bridgehead atoms. The van der Waals surface area contributed by atoms with Crippen LogP contribution in [0, 0.1) is 0 Å². The molecule has 0 aromatic carbocycles. The maximum absolute atomic E-state index is 11.1. The van der Waals surface area contributed by atoms with Crippen molar-refractivity contribution in [2.45, 2.75) is 50.6 Å². The molecule has 19 heavy (non-hydrogen) atoms. The van der Waals surface area contributed by atoms with E-state index in [0.717, 1.165) is 25.9 Å². The van der Waals surface area contributed by atoms with Crippen LogP contribution >= 0.6 is 0 Å². The third-order valence-corrected chi connectivity index (χ3v) is 4.24. The maximum Gasteiger partial charge on any atom is 0.237 e. The number of carbonyl (C=O) groups is 1. The number of amides is 1. The fraction of sp³-hybridized carbons (Fsp3) is 0.929. The Bertz CT molecular complexity index is 293. The summed E-state index contributed by atoms with van der Waals surface area (Å²) in [5.41, 5.74) is 10.2. The average Bonchev–Trinajstić information content (AvgIpc) is 2.34. The number of hydrogen-bond acceptors (Lipinski definition) is 4. The van der Waals surface area contributed by atoms with Gasteiger partial charge in [-0.05, 0) is 66.2 Å². The molecule has 0 aromatic rings. The lowest BCUT2D eigenvalue weighted by atomic mass is 9.95. The standard InChI is InChI=1S/C14H30N4O/c1-14(16,13(15)19)8-4-5-10-18(3)12-7-6-9-17(2)11-12/h12H,4-11,16H2,1-3H3,(H2,15,19). The van der Waals surface area contributed by atoms with Gasteiger partial charge in [-0.2, -0.15) is 0 Å². The van der Waals surface area contributed by atoms with Crippen molar-refractivity contribution in [2.24, 2.45) is 11.5 Å². The SMILES string of the molecule is CN1CCCC(N(C)CCCCC(C)(N)C(N)=O)C1. The summed E-state index contributed by atoms with van der Waals surface area (Å²) < 4.78 is 0. The molecule has 2 atom stereocenters. The number of nitrogens with two attached hydrogens (primary N) is 2. The molecule has 5 nitrogen and oxygen atoms in total. The number of likely N-dealkylation sites (N-methyl/N-ethyl adjacent to an activating group) is 2. The Morgan fingerprint density at radius 2 is 2.16 bits per heavy atom. The Kier molecular flexibility index (Phi) is 6.23. The minimum atomic E-state index is -0.858. The van der Waals surface area contributed by atoms with E-state index in [9.17, 15) is 4.79 Å². The number of primary amides is 1. The van der Waals surface area contributed by atoms with Gasteiger partial charge in [-0.25, -0.2) is 0 Å². The van der Waals surface area contributed by atoms with Gasteiger partial charge in [-0.15, -0.1) is 0 Å². The van der Waals surface area contributed by atoms with Gasteiger partial charge in [0.25, 0.3) is 0 Å². The van der Waals surface area contributed by atoms with Crippen LogP contribution in [0.3, 0.4) is 0 Å². The summed E-state index contributed by atoms with van der Waals surface area (Å²) in [6.45, 7) is 5.16. The molecule has 112 valence electrons. The summed E-state index contributed by atoms with van der Waals surface area (Å²) in [7, 11) is 4.38. The topological polar surface area (TPSA) is 75.6 Å². The molecule has 0 spiro atoms. The summed E-state index contributed by atoms with van der Waals surface area (Å²) in [6.07, 6.45) is 5.26. The van der Waals surface area contributed by atoms with Gasteiger partial charge in [0, 0.05) is 12.6 Å². The molecule has 0 radical (unpaired) electrons. The highest BCUT2D eigenvalue weighted by atomic mass is 16.1. The van der Waals surface area contributed by atoms with Gasteiger partial charge in [-0.3, -0.25) is 4.79 Å². The van der Waals surface area contributed by atoms with Gasteiger partial charge < -0.3 is 21.3 Å². The molecule has 1 aliphatic rings. The van der Waals surface area contributed by atoms with Gasteiger partial charge in [0.1, 0.15) is 0 Å². The normalized spacial score (nSPS) is 24.4. The van der Waals surface area contributed by atoms with Crippen molar-refractivity contribution in [3.63, 3.8) is 0 Å². The summed E-state index contributed by atoms with van der Waals surface area (Å²) in [4.78, 5) is 15.9. The van der Waals surface area contributed by atoms with Crippen LogP contribution in [0.4, 0.5) is 0 Å². The molecule has 1 aliphatic heterocycles. The van der Waals surface area contributed by atoms with E-state index in [4.69, 9.17) is 11.5 Å². The number of hydrogen-bond donors (Lipinski definition) is 2. The number of likely N-dealkylation sites (tertiary alicyclic amines) is 1. The first-order valence-corrected chi connectivity index (χ1v) is 7.30. The van der Waals surface area contributed by atoms with Crippen LogP contribution < -0.4 is 11.5 Å². The van der Waals surface area contributed by atoms with Crippen molar-refractivity contribution in [2.75, 3.05) is 33.7 Å². The Hall–Kier alpha value is -0.650. The number of rotatable bonds is 7. The van der Waals surface area contributed by atoms with Crippen molar-refractivity contribution in [3.8, 4) is 0 Å². The molecular weight excluding hydrogens is 240 g/mol. The van der Waals surface area contributed by atoms with E-state index in [1.54, 1.807) is 6.92 Å². The quantitative estimate of drug-likeness (QED) is 0.656. The van der Waals surface area contributed by atoms with Crippen LogP contribution in [0.1, 0.15) is 39.0 Å². The van der Waals surface area contributed by atoms with E-state index in [0.29, 0.717) is 12.5 Å². The van der Waals surface area contributed by atoms with E-state index < -0.39 is 11.4 Å². The third kappa shape index (κ3) is 5.47. The molecule has 1 fully saturated rings. The van der Waals surface area contributed by atoms with Crippen LogP contribution in [-0.2, 0) is 4.79 Å². The Balaban J connectivity index is 2.20. The fourth-order valence-corrected chi connectivity index (χ4v) is 2.66. The lowest BCUT2D eigenvalue weighted by Gasteiger charge is -2.36. The molecule has 4 N–H and O–H groups in total. The molecular formula is C14H30N4O. The second-order valence-corrected chi connectivity index (χ2v) is 6.28. The van der Waals surface area contributed by atoms with Gasteiger partial charge in [0.05, 0.1) is 5.54 Å². The van der Waals surface area contributed by atoms with Crippen molar-refractivity contribution >= 4 is 5.91 Å². The van der Waals surface area contributed by atoms with Crippen LogP contribution in [0.5, 0.6) is 0 Å². The molecule has 2 unspecified atom stereocenters. The molecule has 1 heterocycles. The van der Waals surface area contributed by atoms with Gasteiger partial charge >= 0.3 is 0 Å². The largest absolute Gasteiger partial charge is 0.368 e. The van der Waals surface area contributed by atoms with Crippen LogP contribution in [0.25, 0.3) is 0 Å². The van der Waals surface area contributed by atoms with Crippen molar-refractivity contribution in [1.82, 2.24) is 9.80 Å². The molecule has 0 aromatic heterocycles. The molecule has 1 rings (SSSR count). The zero-order valence-electron chi connectivity index (χ0n) is 12.7. The van der Waals surface area contributed by atoms with E-state index >= 15 is 0 Å². The maximum atomic E-state index is 11.1. The molecule has 1 amide bonds. The van der Waals surface area contributed by atoms with Crippen molar-refractivity contribution < 1.29 is 4.79 Å². The van der Waals surface area contributed by atoms with Crippen LogP contribution in [0.2, 0.25) is 0 Å². The third-order valence-electron chi connectivity index (χ3n) is 4.24. The van der Waals surface area contributed by atoms with E-state index in [1.807, 2.05) is 0 Å². The summed E-state index contributed by atoms with van der Waals surface area (Å²) in [5, 5.41) is 0. The molecule has 1 saturated heterocycles. The molecule has 0 aliphatic carbocycles. The average molecular weight is 270 g/mol. The highest BCUT2D eigenvalue weighted by molar-refractivity contribution is 5.83. The van der Waals surface area contributed by atoms with Crippen molar-refractivity contribution in [1.29, 1.82) is 0 Å². The zero-order valence-corrected chi connectivity index (χ0v) is 12.7. The predicted molar refractivity (Wildman–Crippen MR) is 78.8 cm³/mol. The highest BCUT2D eigenvalue weighted by Gasteiger charge is 2.25. The first kappa shape index (κ1) is 16.4. The van der Waals surface area contributed by atoms with Crippen LogP contribution in [-0.4, -0.2) is 61.0 Å². The minimum absolute atomic E-state index is 0.408. The van der Waals surface area contributed by atoms with E-state index in [1.165, 1.54) is 19.4 Å². The fourth-order valence-electron chi connectivity index (χ4n) is 2.66. The van der Waals surface area contributed by atoms with Gasteiger partial charge in [-0.1, -0.05) is 0 Å². The van der Waals surface area contributed by atoms with Crippen LogP contribution in [0.15, 0.2) is 0 Å². The second kappa shape index (κ2) is 7.22. The molecule has 5 heteroatoms. The zero-order chi connectivity index (χ0) is 14.5. The predicted octanol–water partition coefficient (Wildman–Crippen LogP) is 0.385. The number of nitrogens with zero attached hydrogens (tertiary/aromatic N) is 2. The second-order valence-electron chi connectivity index (χ2n) is 6.28. The Morgan fingerprint density at radius 3 is 2.74 bits per heavy atom. The smallest absolute Gasteiger partial charge is 0.237 e. The number of unbranched alkanes of at least 4 members (excludes halogenated alkanes) is 1. The first-order valence-electron chi connectivity index (χ1n) is 7.30. The minimum Gasteiger partial charge on any atom is -0.368 e. The van der Waals surface area contributed by atoms with Crippen molar-refractivity contribution in [3.05, 3.63) is 0 Å². The van der Waals surface area contributed by atoms with Gasteiger partial charge in [0.2, 0.25) is 5.91 Å². The lowest BCUT2D eigenvalue weighted by Crippen LogP contribution is -2.49. The summed E-state index contributed by atoms with van der Waals surface area (Å²) >= 11 is 0. The van der Waals surface area contributed by atoms with E-state index in [-0.39, 0.29) is 0 Å². The molecule has 0 saturated carbocycles. The Labute approximate surface area is 117 Å². The monoisotopic (exact) mass is 270 g/mol. The number of piperidine rings is 1.